The number of benzene rings is 1. The maximum Gasteiger partial charge on any atom is 0.321 e. The molecule has 0 saturated carbocycles. The summed E-state index contributed by atoms with van der Waals surface area (Å²) in [6, 6.07) is 9.17. The third-order valence-corrected chi connectivity index (χ3v) is 7.05. The average Bonchev–Trinajstić information content (AvgIpc) is 3.59. The van der Waals surface area contributed by atoms with Crippen molar-refractivity contribution in [2.45, 2.75) is 26.2 Å². The highest BCUT2D eigenvalue weighted by Crippen LogP contribution is 2.25. The van der Waals surface area contributed by atoms with E-state index in [1.54, 1.807) is 6.20 Å². The van der Waals surface area contributed by atoms with E-state index in [1.807, 2.05) is 47.5 Å². The van der Waals surface area contributed by atoms with Crippen molar-refractivity contribution in [1.29, 1.82) is 0 Å². The van der Waals surface area contributed by atoms with Gasteiger partial charge in [0.2, 0.25) is 5.95 Å². The van der Waals surface area contributed by atoms with Crippen LogP contribution in [0.25, 0.3) is 0 Å². The molecule has 1 saturated heterocycles. The van der Waals surface area contributed by atoms with E-state index in [4.69, 9.17) is 4.74 Å². The number of ether oxygens (including phenoxy) is 1. The van der Waals surface area contributed by atoms with Crippen molar-refractivity contribution in [2.24, 2.45) is 0 Å². The molecule has 1 fully saturated rings. The monoisotopic (exact) mass is 587 g/mol. The average molecular weight is 589 g/mol. The normalized spacial score (nSPS) is 12.8. The van der Waals surface area contributed by atoms with Gasteiger partial charge in [0.15, 0.2) is 0 Å². The third kappa shape index (κ3) is 7.56. The Hall–Kier alpha value is -3.38. The molecule has 4 rings (SSSR count). The zero-order valence-electron chi connectivity index (χ0n) is 20.6. The predicted octanol–water partition coefficient (Wildman–Crippen LogP) is 5.30. The highest BCUT2D eigenvalue weighted by molar-refractivity contribution is 9.10. The molecule has 1 aliphatic heterocycles. The van der Waals surface area contributed by atoms with Gasteiger partial charge in [-0.25, -0.2) is 9.78 Å². The lowest BCUT2D eigenvalue weighted by Gasteiger charge is -2.16. The summed E-state index contributed by atoms with van der Waals surface area (Å²) in [7, 11) is 0. The Kier molecular flexibility index (Phi) is 9.55. The van der Waals surface area contributed by atoms with E-state index in [0.717, 1.165) is 36.1 Å². The predicted molar refractivity (Wildman–Crippen MR) is 150 cm³/mol. The number of anilines is 4. The van der Waals surface area contributed by atoms with Crippen molar-refractivity contribution in [1.82, 2.24) is 20.2 Å². The number of carbonyl (C=O) groups is 2. The zero-order chi connectivity index (χ0) is 26.0. The maximum absolute atomic E-state index is 12.4. The minimum Gasteiger partial charge on any atom is -0.492 e. The first-order valence-corrected chi connectivity index (χ1v) is 13.9. The van der Waals surface area contributed by atoms with Crippen LogP contribution in [0.5, 0.6) is 5.75 Å². The number of amides is 3. The molecule has 12 heteroatoms. The van der Waals surface area contributed by atoms with Crippen LogP contribution in [0.1, 0.15) is 35.9 Å². The second kappa shape index (κ2) is 13.2. The van der Waals surface area contributed by atoms with Crippen LogP contribution in [0.15, 0.2) is 46.4 Å². The third-order valence-electron chi connectivity index (χ3n) is 5.57. The molecule has 0 unspecified atom stereocenters. The van der Waals surface area contributed by atoms with Crippen LogP contribution in [0.2, 0.25) is 0 Å². The molecule has 4 N–H and O–H groups in total. The largest absolute Gasteiger partial charge is 0.492 e. The molecule has 0 radical (unpaired) electrons. The van der Waals surface area contributed by atoms with Gasteiger partial charge in [-0.3, -0.25) is 4.79 Å². The molecule has 37 heavy (non-hydrogen) atoms. The van der Waals surface area contributed by atoms with Gasteiger partial charge in [0.05, 0.1) is 11.1 Å². The Labute approximate surface area is 228 Å². The maximum atomic E-state index is 12.4. The first-order chi connectivity index (χ1) is 18.0. The lowest BCUT2D eigenvalue weighted by molar-refractivity contribution is 0.0954. The fraction of sp³-hybridized carbons (Fsp3) is 0.360. The summed E-state index contributed by atoms with van der Waals surface area (Å²) in [5.74, 6) is 1.54. The van der Waals surface area contributed by atoms with E-state index < -0.39 is 0 Å². The number of hydrogen-bond donors (Lipinski definition) is 4. The van der Waals surface area contributed by atoms with Crippen LogP contribution in [-0.2, 0) is 0 Å². The standard InChI is InChI=1S/C25H30BrN7O3S/c1-2-36-20-9-14-37-21(20)23(34)28-11-6-10-27-22-19(26)16-29-24(32-22)30-17-7-5-8-18(15-17)31-25(35)33-12-3-4-13-33/h5,7-9,14-16H,2-4,6,10-13H2,1H3,(H,28,34)(H,31,35)(H2,27,29,30,32). The van der Waals surface area contributed by atoms with Gasteiger partial charge >= 0.3 is 6.03 Å². The minimum absolute atomic E-state index is 0.0812. The van der Waals surface area contributed by atoms with E-state index in [1.165, 1.54) is 11.3 Å². The second-order valence-corrected chi connectivity index (χ2v) is 10.1. The minimum atomic E-state index is -0.132. The topological polar surface area (TPSA) is 121 Å². The number of hydrogen-bond acceptors (Lipinski definition) is 8. The van der Waals surface area contributed by atoms with Gasteiger partial charge in [0, 0.05) is 43.8 Å². The second-order valence-electron chi connectivity index (χ2n) is 8.30. The van der Waals surface area contributed by atoms with E-state index >= 15 is 0 Å². The molecule has 10 nitrogen and oxygen atoms in total. The molecule has 0 bridgehead atoms. The van der Waals surface area contributed by atoms with Crippen LogP contribution in [0, 0.1) is 0 Å². The van der Waals surface area contributed by atoms with Gasteiger partial charge in [0.25, 0.3) is 5.91 Å². The Bertz CT molecular complexity index is 1220. The first kappa shape index (κ1) is 26.7. The van der Waals surface area contributed by atoms with Gasteiger partial charge in [-0.05, 0) is 71.8 Å². The molecule has 196 valence electrons. The fourth-order valence-corrected chi connectivity index (χ4v) is 4.87. The highest BCUT2D eigenvalue weighted by atomic mass is 79.9. The fourth-order valence-electron chi connectivity index (χ4n) is 3.79. The van der Waals surface area contributed by atoms with Crippen molar-refractivity contribution in [2.75, 3.05) is 48.7 Å². The molecule has 1 aliphatic rings. The Morgan fingerprint density at radius 1 is 1.16 bits per heavy atom. The molecular formula is C25H30BrN7O3S. The summed E-state index contributed by atoms with van der Waals surface area (Å²) in [4.78, 5) is 36.1. The van der Waals surface area contributed by atoms with Gasteiger partial charge in [-0.15, -0.1) is 11.3 Å². The number of carbonyl (C=O) groups excluding carboxylic acids is 2. The van der Waals surface area contributed by atoms with Crippen LogP contribution in [-0.4, -0.2) is 59.6 Å². The van der Waals surface area contributed by atoms with E-state index in [-0.39, 0.29) is 11.9 Å². The van der Waals surface area contributed by atoms with Crippen molar-refractivity contribution < 1.29 is 14.3 Å². The highest BCUT2D eigenvalue weighted by Gasteiger charge is 2.18. The molecule has 3 heterocycles. The molecule has 3 amide bonds. The SMILES string of the molecule is CCOc1ccsc1C(=O)NCCCNc1nc(Nc2cccc(NC(=O)N3CCCC3)c2)ncc1Br. The molecule has 0 spiro atoms. The van der Waals surface area contributed by atoms with Gasteiger partial charge in [-0.2, -0.15) is 4.98 Å². The summed E-state index contributed by atoms with van der Waals surface area (Å²) >= 11 is 4.84. The van der Waals surface area contributed by atoms with E-state index in [0.29, 0.717) is 54.2 Å². The number of urea groups is 1. The Morgan fingerprint density at radius 3 is 2.78 bits per heavy atom. The van der Waals surface area contributed by atoms with Crippen LogP contribution >= 0.6 is 27.3 Å². The molecule has 0 aliphatic carbocycles. The summed E-state index contributed by atoms with van der Waals surface area (Å²) in [5, 5.41) is 14.2. The van der Waals surface area contributed by atoms with Gasteiger partial charge < -0.3 is 30.9 Å². The zero-order valence-corrected chi connectivity index (χ0v) is 23.0. The lowest BCUT2D eigenvalue weighted by Crippen LogP contribution is -2.32. The molecule has 3 aromatic rings. The summed E-state index contributed by atoms with van der Waals surface area (Å²) in [5.41, 5.74) is 1.46. The van der Waals surface area contributed by atoms with Crippen LogP contribution < -0.4 is 26.0 Å². The lowest BCUT2D eigenvalue weighted by atomic mass is 10.3. The van der Waals surface area contributed by atoms with E-state index in [2.05, 4.69) is 47.2 Å². The number of thiophene rings is 1. The van der Waals surface area contributed by atoms with Crippen molar-refractivity contribution in [3.8, 4) is 5.75 Å². The van der Waals surface area contributed by atoms with Crippen LogP contribution in [0.4, 0.5) is 27.9 Å². The molecular weight excluding hydrogens is 558 g/mol. The number of likely N-dealkylation sites (tertiary alicyclic amines) is 1. The molecule has 0 atom stereocenters. The van der Waals surface area contributed by atoms with Crippen molar-refractivity contribution >= 4 is 62.3 Å². The Morgan fingerprint density at radius 2 is 1.97 bits per heavy atom. The number of nitrogens with one attached hydrogen (secondary N) is 4. The quantitative estimate of drug-likeness (QED) is 0.224. The van der Waals surface area contributed by atoms with E-state index in [9.17, 15) is 9.59 Å². The Balaban J connectivity index is 1.26. The van der Waals surface area contributed by atoms with Gasteiger partial charge in [-0.1, -0.05) is 6.07 Å². The molecule has 2 aromatic heterocycles. The first-order valence-electron chi connectivity index (χ1n) is 12.2. The summed E-state index contributed by atoms with van der Waals surface area (Å²) in [6.07, 6.45) is 4.47. The molecule has 1 aromatic carbocycles. The number of nitrogens with zero attached hydrogens (tertiary/aromatic N) is 3. The number of rotatable bonds is 11. The number of aromatic nitrogens is 2. The smallest absolute Gasteiger partial charge is 0.321 e. The van der Waals surface area contributed by atoms with Crippen molar-refractivity contribution in [3.63, 3.8) is 0 Å². The number of halogens is 1. The summed E-state index contributed by atoms with van der Waals surface area (Å²) < 4.78 is 6.22. The summed E-state index contributed by atoms with van der Waals surface area (Å²) in [6.45, 7) is 5.12. The van der Waals surface area contributed by atoms with Gasteiger partial charge in [0.1, 0.15) is 16.4 Å². The van der Waals surface area contributed by atoms with Crippen LogP contribution in [0.3, 0.4) is 0 Å². The van der Waals surface area contributed by atoms with Crippen molar-refractivity contribution in [3.05, 3.63) is 51.3 Å².